The van der Waals surface area contributed by atoms with Crippen molar-refractivity contribution in [1.82, 2.24) is 5.32 Å². The van der Waals surface area contributed by atoms with E-state index < -0.39 is 5.97 Å². The SMILES string of the molecule is CCC[C@@H]1CCN[C@H]1C(=O)O. The lowest BCUT2D eigenvalue weighted by Gasteiger charge is -2.13. The molecule has 0 amide bonds. The zero-order chi connectivity index (χ0) is 8.27. The van der Waals surface area contributed by atoms with Crippen LogP contribution < -0.4 is 5.32 Å². The topological polar surface area (TPSA) is 49.3 Å². The monoisotopic (exact) mass is 157 g/mol. The van der Waals surface area contributed by atoms with Crippen LogP contribution in [0.2, 0.25) is 0 Å². The van der Waals surface area contributed by atoms with Gasteiger partial charge in [0.15, 0.2) is 0 Å². The van der Waals surface area contributed by atoms with Crippen LogP contribution in [0.1, 0.15) is 26.2 Å². The first kappa shape index (κ1) is 8.53. The van der Waals surface area contributed by atoms with Crippen molar-refractivity contribution < 1.29 is 9.90 Å². The van der Waals surface area contributed by atoms with Crippen molar-refractivity contribution in [3.8, 4) is 0 Å². The van der Waals surface area contributed by atoms with Crippen LogP contribution in [-0.2, 0) is 4.79 Å². The fraction of sp³-hybridized carbons (Fsp3) is 0.875. The Hall–Kier alpha value is -0.570. The molecule has 2 N–H and O–H groups in total. The van der Waals surface area contributed by atoms with Crippen LogP contribution in [0.15, 0.2) is 0 Å². The molecule has 1 saturated heterocycles. The average molecular weight is 157 g/mol. The number of rotatable bonds is 3. The van der Waals surface area contributed by atoms with Gasteiger partial charge in [0, 0.05) is 0 Å². The molecular weight excluding hydrogens is 142 g/mol. The largest absolute Gasteiger partial charge is 0.480 e. The number of carboxylic acids is 1. The first-order chi connectivity index (χ1) is 5.25. The molecule has 0 bridgehead atoms. The van der Waals surface area contributed by atoms with E-state index in [2.05, 4.69) is 12.2 Å². The Balaban J connectivity index is 2.44. The highest BCUT2D eigenvalue weighted by molar-refractivity contribution is 5.74. The van der Waals surface area contributed by atoms with E-state index >= 15 is 0 Å². The van der Waals surface area contributed by atoms with Crippen molar-refractivity contribution in [2.75, 3.05) is 6.54 Å². The summed E-state index contributed by atoms with van der Waals surface area (Å²) >= 11 is 0. The van der Waals surface area contributed by atoms with Gasteiger partial charge in [0.25, 0.3) is 0 Å². The van der Waals surface area contributed by atoms with Crippen LogP contribution in [0.5, 0.6) is 0 Å². The molecule has 0 unspecified atom stereocenters. The van der Waals surface area contributed by atoms with E-state index in [0.29, 0.717) is 5.92 Å². The fourth-order valence-electron chi connectivity index (χ4n) is 1.73. The highest BCUT2D eigenvalue weighted by Gasteiger charge is 2.31. The molecule has 1 rings (SSSR count). The van der Waals surface area contributed by atoms with Crippen LogP contribution in [0, 0.1) is 5.92 Å². The Morgan fingerprint density at radius 1 is 1.73 bits per heavy atom. The van der Waals surface area contributed by atoms with E-state index in [9.17, 15) is 4.79 Å². The summed E-state index contributed by atoms with van der Waals surface area (Å²) in [6, 6.07) is -0.282. The molecule has 0 radical (unpaired) electrons. The lowest BCUT2D eigenvalue weighted by molar-refractivity contribution is -0.140. The van der Waals surface area contributed by atoms with Crippen LogP contribution in [-0.4, -0.2) is 23.7 Å². The minimum Gasteiger partial charge on any atom is -0.480 e. The van der Waals surface area contributed by atoms with Crippen molar-refractivity contribution >= 4 is 5.97 Å². The molecule has 0 spiro atoms. The Bertz CT molecular complexity index is 147. The predicted molar refractivity (Wildman–Crippen MR) is 42.4 cm³/mol. The smallest absolute Gasteiger partial charge is 0.320 e. The van der Waals surface area contributed by atoms with E-state index in [4.69, 9.17) is 5.11 Å². The fourth-order valence-corrected chi connectivity index (χ4v) is 1.73. The van der Waals surface area contributed by atoms with Gasteiger partial charge in [-0.3, -0.25) is 4.79 Å². The number of carbonyl (C=O) groups is 1. The molecule has 3 nitrogen and oxygen atoms in total. The maximum absolute atomic E-state index is 10.6. The number of hydrogen-bond donors (Lipinski definition) is 2. The van der Waals surface area contributed by atoms with Gasteiger partial charge in [-0.2, -0.15) is 0 Å². The van der Waals surface area contributed by atoms with Gasteiger partial charge in [-0.15, -0.1) is 0 Å². The summed E-state index contributed by atoms with van der Waals surface area (Å²) < 4.78 is 0. The van der Waals surface area contributed by atoms with Crippen LogP contribution in [0.25, 0.3) is 0 Å². The van der Waals surface area contributed by atoms with Crippen molar-refractivity contribution in [2.45, 2.75) is 32.2 Å². The lowest BCUT2D eigenvalue weighted by atomic mass is 9.96. The minimum absolute atomic E-state index is 0.282. The molecule has 1 heterocycles. The highest BCUT2D eigenvalue weighted by atomic mass is 16.4. The van der Waals surface area contributed by atoms with Gasteiger partial charge < -0.3 is 10.4 Å². The van der Waals surface area contributed by atoms with Crippen molar-refractivity contribution in [3.05, 3.63) is 0 Å². The van der Waals surface area contributed by atoms with Gasteiger partial charge in [-0.25, -0.2) is 0 Å². The number of carboxylic acid groups (broad SMARTS) is 1. The molecule has 1 fully saturated rings. The molecule has 64 valence electrons. The summed E-state index contributed by atoms with van der Waals surface area (Å²) in [4.78, 5) is 10.6. The second-order valence-electron chi connectivity index (χ2n) is 3.11. The molecule has 3 heteroatoms. The molecule has 0 aliphatic carbocycles. The zero-order valence-corrected chi connectivity index (χ0v) is 6.84. The number of nitrogens with one attached hydrogen (secondary N) is 1. The Kier molecular flexibility index (Phi) is 2.88. The quantitative estimate of drug-likeness (QED) is 0.638. The first-order valence-electron chi connectivity index (χ1n) is 4.22. The normalized spacial score (nSPS) is 30.6. The molecule has 1 aliphatic rings. The predicted octanol–water partition coefficient (Wildman–Crippen LogP) is 0.849. The lowest BCUT2D eigenvalue weighted by Crippen LogP contribution is -2.35. The maximum Gasteiger partial charge on any atom is 0.320 e. The Morgan fingerprint density at radius 2 is 2.45 bits per heavy atom. The summed E-state index contributed by atoms with van der Waals surface area (Å²) in [5.41, 5.74) is 0. The van der Waals surface area contributed by atoms with Crippen molar-refractivity contribution in [1.29, 1.82) is 0 Å². The second kappa shape index (κ2) is 3.72. The molecule has 0 aromatic carbocycles. The first-order valence-corrected chi connectivity index (χ1v) is 4.22. The van der Waals surface area contributed by atoms with E-state index in [0.717, 1.165) is 25.8 Å². The molecule has 0 saturated carbocycles. The molecule has 11 heavy (non-hydrogen) atoms. The molecule has 0 aromatic rings. The molecule has 2 atom stereocenters. The van der Waals surface area contributed by atoms with Gasteiger partial charge in [0.1, 0.15) is 6.04 Å². The molecule has 0 aromatic heterocycles. The van der Waals surface area contributed by atoms with Crippen LogP contribution >= 0.6 is 0 Å². The van der Waals surface area contributed by atoms with Crippen molar-refractivity contribution in [2.24, 2.45) is 5.92 Å². The van der Waals surface area contributed by atoms with Gasteiger partial charge in [-0.1, -0.05) is 13.3 Å². The van der Waals surface area contributed by atoms with E-state index in [1.807, 2.05) is 0 Å². The summed E-state index contributed by atoms with van der Waals surface area (Å²) in [6.07, 6.45) is 3.13. The summed E-state index contributed by atoms with van der Waals surface area (Å²) in [5, 5.41) is 11.7. The van der Waals surface area contributed by atoms with Crippen LogP contribution in [0.4, 0.5) is 0 Å². The third-order valence-electron chi connectivity index (χ3n) is 2.28. The summed E-state index contributed by atoms with van der Waals surface area (Å²) in [6.45, 7) is 2.96. The van der Waals surface area contributed by atoms with Gasteiger partial charge >= 0.3 is 5.97 Å². The van der Waals surface area contributed by atoms with Crippen molar-refractivity contribution in [3.63, 3.8) is 0 Å². The zero-order valence-electron chi connectivity index (χ0n) is 6.84. The standard InChI is InChI=1S/C8H15NO2/c1-2-3-6-4-5-9-7(6)8(10)11/h6-7,9H,2-5H2,1H3,(H,10,11)/t6-,7-/m1/s1. The second-order valence-corrected chi connectivity index (χ2v) is 3.11. The third kappa shape index (κ3) is 1.93. The Morgan fingerprint density at radius 3 is 3.00 bits per heavy atom. The van der Waals surface area contributed by atoms with E-state index in [1.54, 1.807) is 0 Å². The van der Waals surface area contributed by atoms with Gasteiger partial charge in [0.05, 0.1) is 0 Å². The van der Waals surface area contributed by atoms with Gasteiger partial charge in [-0.05, 0) is 25.3 Å². The molecular formula is C8H15NO2. The summed E-state index contributed by atoms with van der Waals surface area (Å²) in [7, 11) is 0. The van der Waals surface area contributed by atoms with Gasteiger partial charge in [0.2, 0.25) is 0 Å². The number of hydrogen-bond acceptors (Lipinski definition) is 2. The number of aliphatic carboxylic acids is 1. The maximum atomic E-state index is 10.6. The van der Waals surface area contributed by atoms with E-state index in [1.165, 1.54) is 0 Å². The van der Waals surface area contributed by atoms with E-state index in [-0.39, 0.29) is 6.04 Å². The minimum atomic E-state index is -0.694. The Labute approximate surface area is 66.8 Å². The van der Waals surface area contributed by atoms with Crippen LogP contribution in [0.3, 0.4) is 0 Å². The highest BCUT2D eigenvalue weighted by Crippen LogP contribution is 2.20. The average Bonchev–Trinajstić information content (AvgIpc) is 2.36. The molecule has 1 aliphatic heterocycles. The third-order valence-corrected chi connectivity index (χ3v) is 2.28. The summed E-state index contributed by atoms with van der Waals surface area (Å²) in [5.74, 6) is -0.335.